The Morgan fingerprint density at radius 1 is 1.42 bits per heavy atom. The first-order valence-corrected chi connectivity index (χ1v) is 7.20. The van der Waals surface area contributed by atoms with E-state index in [1.54, 1.807) is 0 Å². The molecule has 1 atom stereocenters. The van der Waals surface area contributed by atoms with Gasteiger partial charge in [0.2, 0.25) is 5.91 Å². The molecular formula is C16H22N2O. The maximum absolute atomic E-state index is 12.7. The molecule has 0 aromatic heterocycles. The predicted octanol–water partition coefficient (Wildman–Crippen LogP) is 2.58. The van der Waals surface area contributed by atoms with E-state index >= 15 is 0 Å². The maximum Gasteiger partial charge on any atom is 0.246 e. The first kappa shape index (κ1) is 12.7. The maximum atomic E-state index is 12.7. The lowest BCUT2D eigenvalue weighted by molar-refractivity contribution is -0.123. The van der Waals surface area contributed by atoms with Crippen molar-refractivity contribution in [3.63, 3.8) is 0 Å². The number of amides is 1. The number of nitrogens with zero attached hydrogens (tertiary/aromatic N) is 1. The van der Waals surface area contributed by atoms with Crippen molar-refractivity contribution in [2.75, 3.05) is 11.4 Å². The summed E-state index contributed by atoms with van der Waals surface area (Å²) in [6.45, 7) is 4.75. The van der Waals surface area contributed by atoms with Crippen LogP contribution in [0.3, 0.4) is 0 Å². The Morgan fingerprint density at radius 3 is 2.74 bits per heavy atom. The molecule has 1 saturated carbocycles. The Bertz CT molecular complexity index is 517. The average Bonchev–Trinajstić information content (AvgIpc) is 3.08. The highest BCUT2D eigenvalue weighted by atomic mass is 16.2. The van der Waals surface area contributed by atoms with Crippen LogP contribution in [0.2, 0.25) is 0 Å². The third-order valence-electron chi connectivity index (χ3n) is 4.58. The van der Waals surface area contributed by atoms with Gasteiger partial charge in [-0.1, -0.05) is 31.5 Å². The second-order valence-corrected chi connectivity index (χ2v) is 6.36. The highest BCUT2D eigenvalue weighted by Crippen LogP contribution is 2.56. The molecule has 19 heavy (non-hydrogen) atoms. The quantitative estimate of drug-likeness (QED) is 0.905. The van der Waals surface area contributed by atoms with E-state index in [1.165, 1.54) is 18.4 Å². The smallest absolute Gasteiger partial charge is 0.246 e. The van der Waals surface area contributed by atoms with E-state index in [0.717, 1.165) is 25.1 Å². The molecule has 1 aliphatic heterocycles. The lowest BCUT2D eigenvalue weighted by Gasteiger charge is -2.29. The molecule has 1 fully saturated rings. The number of para-hydroxylation sites is 1. The van der Waals surface area contributed by atoms with Gasteiger partial charge in [0, 0.05) is 17.6 Å². The Morgan fingerprint density at radius 2 is 2.11 bits per heavy atom. The van der Waals surface area contributed by atoms with E-state index in [1.807, 2.05) is 17.9 Å². The van der Waals surface area contributed by atoms with Crippen molar-refractivity contribution < 1.29 is 4.79 Å². The number of hydrogen-bond acceptors (Lipinski definition) is 2. The SMILES string of the molecule is CCCC(C)(N)C(=O)N1CC2(CC2)c2ccccc21. The van der Waals surface area contributed by atoms with Gasteiger partial charge in [-0.05, 0) is 37.8 Å². The number of carbonyl (C=O) groups is 1. The van der Waals surface area contributed by atoms with E-state index in [4.69, 9.17) is 5.73 Å². The fourth-order valence-electron chi connectivity index (χ4n) is 3.32. The number of carbonyl (C=O) groups excluding carboxylic acids is 1. The van der Waals surface area contributed by atoms with Gasteiger partial charge in [-0.3, -0.25) is 4.79 Å². The summed E-state index contributed by atoms with van der Waals surface area (Å²) in [5.41, 5.74) is 8.15. The topological polar surface area (TPSA) is 46.3 Å². The van der Waals surface area contributed by atoms with Crippen LogP contribution in [0.15, 0.2) is 24.3 Å². The molecule has 1 aromatic rings. The predicted molar refractivity (Wildman–Crippen MR) is 77.2 cm³/mol. The zero-order valence-corrected chi connectivity index (χ0v) is 11.8. The number of benzene rings is 1. The molecule has 102 valence electrons. The molecule has 1 spiro atoms. The Hall–Kier alpha value is -1.35. The first-order chi connectivity index (χ1) is 9.00. The Balaban J connectivity index is 1.94. The van der Waals surface area contributed by atoms with Crippen LogP contribution in [0.25, 0.3) is 0 Å². The summed E-state index contributed by atoms with van der Waals surface area (Å²) in [6, 6.07) is 8.31. The summed E-state index contributed by atoms with van der Waals surface area (Å²) < 4.78 is 0. The van der Waals surface area contributed by atoms with E-state index in [9.17, 15) is 4.79 Å². The van der Waals surface area contributed by atoms with Crippen molar-refractivity contribution in [3.05, 3.63) is 29.8 Å². The first-order valence-electron chi connectivity index (χ1n) is 7.20. The van der Waals surface area contributed by atoms with Gasteiger partial charge in [-0.15, -0.1) is 0 Å². The lowest BCUT2D eigenvalue weighted by atomic mass is 9.95. The van der Waals surface area contributed by atoms with Gasteiger partial charge in [0.1, 0.15) is 0 Å². The summed E-state index contributed by atoms with van der Waals surface area (Å²) in [7, 11) is 0. The number of anilines is 1. The molecule has 1 amide bonds. The van der Waals surface area contributed by atoms with Gasteiger partial charge in [0.15, 0.2) is 0 Å². The van der Waals surface area contributed by atoms with Crippen LogP contribution in [-0.4, -0.2) is 18.0 Å². The van der Waals surface area contributed by atoms with Gasteiger partial charge in [0.25, 0.3) is 0 Å². The fourth-order valence-corrected chi connectivity index (χ4v) is 3.32. The van der Waals surface area contributed by atoms with Gasteiger partial charge in [-0.25, -0.2) is 0 Å². The summed E-state index contributed by atoms with van der Waals surface area (Å²) in [5.74, 6) is 0.0746. The standard InChI is InChI=1S/C16H22N2O/c1-3-8-15(2,17)14(19)18-11-16(9-10-16)12-6-4-5-7-13(12)18/h4-7H,3,8-11,17H2,1-2H3. The summed E-state index contributed by atoms with van der Waals surface area (Å²) in [6.07, 6.45) is 4.06. The molecule has 0 bridgehead atoms. The molecule has 3 heteroatoms. The highest BCUT2D eigenvalue weighted by molar-refractivity contribution is 6.02. The number of nitrogens with two attached hydrogens (primary N) is 1. The van der Waals surface area contributed by atoms with Gasteiger partial charge in [-0.2, -0.15) is 0 Å². The minimum absolute atomic E-state index is 0.0746. The van der Waals surface area contributed by atoms with Gasteiger partial charge < -0.3 is 10.6 Å². The minimum atomic E-state index is -0.748. The molecular weight excluding hydrogens is 236 g/mol. The third kappa shape index (κ3) is 1.88. The number of fused-ring (bicyclic) bond motifs is 2. The Kier molecular flexibility index (Phi) is 2.72. The number of hydrogen-bond donors (Lipinski definition) is 1. The van der Waals surface area contributed by atoms with Crippen LogP contribution in [0.5, 0.6) is 0 Å². The van der Waals surface area contributed by atoms with Crippen LogP contribution in [-0.2, 0) is 10.2 Å². The normalized spacial score (nSPS) is 22.2. The van der Waals surface area contributed by atoms with E-state index < -0.39 is 5.54 Å². The largest absolute Gasteiger partial charge is 0.318 e. The molecule has 0 saturated heterocycles. The summed E-state index contributed by atoms with van der Waals surface area (Å²) in [4.78, 5) is 14.7. The van der Waals surface area contributed by atoms with Crippen LogP contribution in [0.1, 0.15) is 45.1 Å². The molecule has 1 unspecified atom stereocenters. The minimum Gasteiger partial charge on any atom is -0.318 e. The number of rotatable bonds is 3. The van der Waals surface area contributed by atoms with Crippen LogP contribution < -0.4 is 10.6 Å². The Labute approximate surface area is 114 Å². The highest BCUT2D eigenvalue weighted by Gasteiger charge is 2.53. The average molecular weight is 258 g/mol. The molecule has 1 heterocycles. The molecule has 0 radical (unpaired) electrons. The van der Waals surface area contributed by atoms with Crippen molar-refractivity contribution in [2.45, 2.75) is 50.5 Å². The van der Waals surface area contributed by atoms with E-state index in [2.05, 4.69) is 25.1 Å². The molecule has 1 aromatic carbocycles. The van der Waals surface area contributed by atoms with Crippen molar-refractivity contribution >= 4 is 11.6 Å². The molecule has 2 aliphatic rings. The van der Waals surface area contributed by atoms with E-state index in [-0.39, 0.29) is 11.3 Å². The van der Waals surface area contributed by atoms with Crippen molar-refractivity contribution in [1.29, 1.82) is 0 Å². The molecule has 2 N–H and O–H groups in total. The zero-order chi connectivity index (χ0) is 13.7. The molecule has 1 aliphatic carbocycles. The van der Waals surface area contributed by atoms with Crippen molar-refractivity contribution in [1.82, 2.24) is 0 Å². The summed E-state index contributed by atoms with van der Waals surface area (Å²) >= 11 is 0. The summed E-state index contributed by atoms with van der Waals surface area (Å²) in [5, 5.41) is 0. The van der Waals surface area contributed by atoms with Crippen molar-refractivity contribution in [2.24, 2.45) is 5.73 Å². The second-order valence-electron chi connectivity index (χ2n) is 6.36. The molecule has 3 rings (SSSR count). The monoisotopic (exact) mass is 258 g/mol. The van der Waals surface area contributed by atoms with Crippen LogP contribution in [0, 0.1) is 0 Å². The van der Waals surface area contributed by atoms with Gasteiger partial charge in [0.05, 0.1) is 5.54 Å². The van der Waals surface area contributed by atoms with Crippen LogP contribution >= 0.6 is 0 Å². The van der Waals surface area contributed by atoms with Crippen LogP contribution in [0.4, 0.5) is 5.69 Å². The lowest BCUT2D eigenvalue weighted by Crippen LogP contribution is -2.53. The molecule has 3 nitrogen and oxygen atoms in total. The fraction of sp³-hybridized carbons (Fsp3) is 0.562. The van der Waals surface area contributed by atoms with Gasteiger partial charge >= 0.3 is 0 Å². The second kappa shape index (κ2) is 4.07. The van der Waals surface area contributed by atoms with Crippen molar-refractivity contribution in [3.8, 4) is 0 Å². The van der Waals surface area contributed by atoms with E-state index in [0.29, 0.717) is 0 Å². The zero-order valence-electron chi connectivity index (χ0n) is 11.8. The third-order valence-corrected chi connectivity index (χ3v) is 4.58.